The predicted octanol–water partition coefficient (Wildman–Crippen LogP) is -5.66. The van der Waals surface area contributed by atoms with Gasteiger partial charge in [-0.05, 0) is 0 Å². The third kappa shape index (κ3) is 6.98. The Morgan fingerprint density at radius 1 is 0.848 bits per heavy atom. The summed E-state index contributed by atoms with van der Waals surface area (Å²) in [6.07, 6.45) is 0. The maximum atomic E-state index is 11.7. The van der Waals surface area contributed by atoms with Crippen molar-refractivity contribution in [1.29, 1.82) is 0 Å². The Kier molecular flexibility index (Phi) is 10.1. The minimum absolute atomic E-state index is 0. The summed E-state index contributed by atoms with van der Waals surface area (Å²) in [7, 11) is -10.2. The number of hydrogen-bond acceptors (Lipinski definition) is 10. The standard InChI is InChI=1S/C16H13AsN2O10S2.2Na/c20-16-14(31(27,28)29)8-9-7-10(30(24,25)26)5-6-11(9)15(16)19-18-13-4-2-1-3-12(13)17(21,22)23;;/h1-8,20H,(H2,21,22,23)(H,24,25,26)(H,27,28,29);;/q;2*+1/p-2. The molecule has 0 aliphatic carbocycles. The zero-order valence-corrected chi connectivity index (χ0v) is 24.5. The van der Waals surface area contributed by atoms with Crippen molar-refractivity contribution in [3.05, 3.63) is 48.5 Å². The molecule has 12 nitrogen and oxygen atoms in total. The van der Waals surface area contributed by atoms with E-state index >= 15 is 0 Å². The van der Waals surface area contributed by atoms with E-state index in [0.717, 1.165) is 24.3 Å². The molecule has 17 heteroatoms. The quantitative estimate of drug-likeness (QED) is 0.149. The second-order valence-corrected chi connectivity index (χ2v) is 12.1. The first-order valence-corrected chi connectivity index (χ1v) is 14.2. The van der Waals surface area contributed by atoms with Gasteiger partial charge >= 0.3 is 237 Å². The van der Waals surface area contributed by atoms with Crippen molar-refractivity contribution in [2.45, 2.75) is 9.79 Å². The van der Waals surface area contributed by atoms with E-state index in [1.54, 1.807) is 0 Å². The van der Waals surface area contributed by atoms with Crippen LogP contribution < -0.4 is 63.5 Å². The molecule has 0 saturated carbocycles. The van der Waals surface area contributed by atoms with Crippen molar-refractivity contribution in [2.75, 3.05) is 0 Å². The number of aromatic hydroxyl groups is 1. The maximum Gasteiger partial charge on any atom is 1.00 e. The van der Waals surface area contributed by atoms with Crippen LogP contribution in [0.1, 0.15) is 0 Å². The number of azo groups is 1. The van der Waals surface area contributed by atoms with Crippen LogP contribution in [-0.2, 0) is 24.0 Å². The van der Waals surface area contributed by atoms with Crippen LogP contribution in [0.25, 0.3) is 10.8 Å². The topological polar surface area (TPSA) is 217 Å². The van der Waals surface area contributed by atoms with E-state index in [-0.39, 0.29) is 75.6 Å². The molecule has 0 radical (unpaired) electrons. The van der Waals surface area contributed by atoms with Gasteiger partial charge < -0.3 is 0 Å². The van der Waals surface area contributed by atoms with Gasteiger partial charge in [-0.1, -0.05) is 0 Å². The molecule has 0 fully saturated rings. The van der Waals surface area contributed by atoms with Crippen molar-refractivity contribution < 1.29 is 102 Å². The van der Waals surface area contributed by atoms with Gasteiger partial charge in [0.25, 0.3) is 0 Å². The van der Waals surface area contributed by atoms with Crippen LogP contribution in [0.3, 0.4) is 0 Å². The van der Waals surface area contributed by atoms with Crippen LogP contribution in [0.4, 0.5) is 11.4 Å². The second kappa shape index (κ2) is 11.0. The number of fused-ring (bicyclic) bond motifs is 1. The van der Waals surface area contributed by atoms with Gasteiger partial charge in [0.05, 0.1) is 0 Å². The second-order valence-electron chi connectivity index (χ2n) is 6.10. The van der Waals surface area contributed by atoms with Crippen molar-refractivity contribution in [1.82, 2.24) is 0 Å². The molecule has 0 unspecified atom stereocenters. The number of phenolic OH excluding ortho intramolecular Hbond substituents is 1. The minimum Gasteiger partial charge on any atom is 1.00 e. The van der Waals surface area contributed by atoms with Crippen molar-refractivity contribution >= 4 is 60.9 Å². The molecular formula is C16H11AsN2Na2O10S2. The van der Waals surface area contributed by atoms with E-state index in [0.29, 0.717) is 6.07 Å². The van der Waals surface area contributed by atoms with Crippen molar-refractivity contribution in [3.63, 3.8) is 0 Å². The number of nitrogens with zero attached hydrogens (tertiary/aromatic N) is 2. The Labute approximate surface area is 234 Å². The van der Waals surface area contributed by atoms with Crippen molar-refractivity contribution in [3.8, 4) is 5.75 Å². The molecule has 0 spiro atoms. The van der Waals surface area contributed by atoms with E-state index in [4.69, 9.17) is 0 Å². The summed E-state index contributed by atoms with van der Waals surface area (Å²) in [6, 6.07) is 8.42. The Bertz CT molecular complexity index is 1510. The molecule has 3 aromatic rings. The van der Waals surface area contributed by atoms with Gasteiger partial charge in [-0.25, -0.2) is 0 Å². The SMILES string of the molecule is O=S(=O)([O-])c1ccc2c(N=Nc3ccccc3[As](=O)(O)O)c(O)c(S(=O)(=O)[O-])cc2c1.[Na+].[Na+]. The van der Waals surface area contributed by atoms with E-state index < -0.39 is 60.0 Å². The number of phenols is 1. The first-order valence-electron chi connectivity index (χ1n) is 7.98. The van der Waals surface area contributed by atoms with Gasteiger partial charge in [0.2, 0.25) is 0 Å². The normalized spacial score (nSPS) is 12.4. The molecule has 3 N–H and O–H groups in total. The zero-order valence-electron chi connectivity index (χ0n) is 17.0. The molecule has 3 aromatic carbocycles. The maximum absolute atomic E-state index is 11.7. The summed E-state index contributed by atoms with van der Waals surface area (Å²) in [6.45, 7) is 0. The first kappa shape index (κ1) is 30.4. The van der Waals surface area contributed by atoms with Crippen LogP contribution in [0, 0.1) is 0 Å². The van der Waals surface area contributed by atoms with Gasteiger partial charge in [0.1, 0.15) is 0 Å². The molecule has 0 aliphatic rings. The van der Waals surface area contributed by atoms with E-state index in [1.807, 2.05) is 0 Å². The third-order valence-electron chi connectivity index (χ3n) is 4.03. The fourth-order valence-electron chi connectivity index (χ4n) is 2.68. The summed E-state index contributed by atoms with van der Waals surface area (Å²) >= 11 is -5.43. The summed E-state index contributed by atoms with van der Waals surface area (Å²) in [4.78, 5) is -1.88. The Morgan fingerprint density at radius 2 is 1.45 bits per heavy atom. The molecular weight excluding hydrogens is 565 g/mol. The fraction of sp³-hybridized carbons (Fsp3) is 0. The van der Waals surface area contributed by atoms with Crippen LogP contribution in [0.2, 0.25) is 0 Å². The monoisotopic (exact) mass is 576 g/mol. The number of benzene rings is 3. The van der Waals surface area contributed by atoms with Crippen LogP contribution >= 0.6 is 0 Å². The smallest absolute Gasteiger partial charge is 1.00 e. The van der Waals surface area contributed by atoms with E-state index in [1.165, 1.54) is 18.2 Å². The molecule has 33 heavy (non-hydrogen) atoms. The largest absolute Gasteiger partial charge is 1.00 e. The molecule has 0 atom stereocenters. The van der Waals surface area contributed by atoms with E-state index in [9.17, 15) is 43.0 Å². The first-order chi connectivity index (χ1) is 14.2. The molecule has 0 saturated heterocycles. The Morgan fingerprint density at radius 3 is 2.00 bits per heavy atom. The van der Waals surface area contributed by atoms with Crippen molar-refractivity contribution in [2.24, 2.45) is 10.2 Å². The average Bonchev–Trinajstić information content (AvgIpc) is 2.64. The molecule has 0 aromatic heterocycles. The average molecular weight is 576 g/mol. The Hall–Kier alpha value is -0.582. The summed E-state index contributed by atoms with van der Waals surface area (Å²) in [5, 5.41) is 17.3. The van der Waals surface area contributed by atoms with E-state index in [2.05, 4.69) is 10.2 Å². The number of rotatable bonds is 5. The van der Waals surface area contributed by atoms with Gasteiger partial charge in [0.15, 0.2) is 0 Å². The van der Waals surface area contributed by atoms with Crippen LogP contribution in [0.15, 0.2) is 68.6 Å². The van der Waals surface area contributed by atoms with Gasteiger partial charge in [0, 0.05) is 0 Å². The molecule has 0 aliphatic heterocycles. The molecule has 0 heterocycles. The number of hydrogen-bond donors (Lipinski definition) is 3. The molecule has 164 valence electrons. The predicted molar refractivity (Wildman–Crippen MR) is 103 cm³/mol. The van der Waals surface area contributed by atoms with Gasteiger partial charge in [-0.2, -0.15) is 0 Å². The Balaban J connectivity index is 0.00000272. The van der Waals surface area contributed by atoms with Crippen LogP contribution in [0.5, 0.6) is 5.75 Å². The minimum atomic E-state index is -5.43. The third-order valence-corrected chi connectivity index (χ3v) is 7.83. The fourth-order valence-corrected chi connectivity index (χ4v) is 5.25. The molecule has 3 rings (SSSR count). The van der Waals surface area contributed by atoms with Crippen LogP contribution in [-0.4, -0.2) is 53.4 Å². The summed E-state index contributed by atoms with van der Waals surface area (Å²) in [5.74, 6) is -1.11. The molecule has 0 bridgehead atoms. The van der Waals surface area contributed by atoms with Gasteiger partial charge in [-0.15, -0.1) is 0 Å². The summed E-state index contributed by atoms with van der Waals surface area (Å²) < 4.78 is 98.5. The van der Waals surface area contributed by atoms with Gasteiger partial charge in [-0.3, -0.25) is 0 Å². The summed E-state index contributed by atoms with van der Waals surface area (Å²) in [5.41, 5.74) is -0.869. The zero-order chi connectivity index (χ0) is 23.2. The molecule has 0 amide bonds.